The number of rotatable bonds is 4. The molecule has 0 amide bonds. The lowest BCUT2D eigenvalue weighted by molar-refractivity contribution is 0.155. The minimum absolute atomic E-state index is 0.367. The van der Waals surface area contributed by atoms with Gasteiger partial charge in [-0.15, -0.1) is 0 Å². The molecule has 0 atom stereocenters. The van der Waals surface area contributed by atoms with Gasteiger partial charge in [0.2, 0.25) is 0 Å². The third-order valence-electron chi connectivity index (χ3n) is 0.475. The molecule has 0 unspecified atom stereocenters. The fourth-order valence-corrected chi connectivity index (χ4v) is 0.677. The molecule has 0 aromatic carbocycles. The van der Waals surface area contributed by atoms with Crippen molar-refractivity contribution in [3.63, 3.8) is 0 Å². The number of hydrogen-bond acceptors (Lipinski definition) is 5. The van der Waals surface area contributed by atoms with Gasteiger partial charge in [0.1, 0.15) is 13.5 Å². The fraction of sp³-hybridized carbons (Fsp3) is 1.00. The first-order valence-corrected chi connectivity index (χ1v) is 3.64. The van der Waals surface area contributed by atoms with Gasteiger partial charge in [-0.3, -0.25) is 9.05 Å². The van der Waals surface area contributed by atoms with Crippen molar-refractivity contribution in [2.24, 2.45) is 11.5 Å². The first kappa shape index (κ1) is 9.03. The molecule has 0 radical (unpaired) electrons. The summed E-state index contributed by atoms with van der Waals surface area (Å²) in [5.74, 6) is 0. The van der Waals surface area contributed by atoms with Crippen LogP contribution >= 0.6 is 7.82 Å². The maximum atomic E-state index is 10.4. The highest BCUT2D eigenvalue weighted by atomic mass is 31.2. The lowest BCUT2D eigenvalue weighted by Gasteiger charge is -2.07. The minimum Gasteiger partial charge on any atom is -0.308 e. The van der Waals surface area contributed by atoms with Gasteiger partial charge in [0.15, 0.2) is 0 Å². The van der Waals surface area contributed by atoms with E-state index in [1.807, 2.05) is 0 Å². The van der Waals surface area contributed by atoms with E-state index in [0.29, 0.717) is 0 Å². The van der Waals surface area contributed by atoms with Crippen LogP contribution in [0.3, 0.4) is 0 Å². The van der Waals surface area contributed by atoms with Crippen molar-refractivity contribution in [2.75, 3.05) is 13.5 Å². The predicted octanol–water partition coefficient (Wildman–Crippen LogP) is -1.05. The SMILES string of the molecule is NCOP(=O)(O)OCN. The van der Waals surface area contributed by atoms with Gasteiger partial charge in [-0.1, -0.05) is 0 Å². The Balaban J connectivity index is 3.58. The summed E-state index contributed by atoms with van der Waals surface area (Å²) in [6, 6.07) is 0. The van der Waals surface area contributed by atoms with Crippen LogP contribution in [-0.2, 0) is 13.6 Å². The Morgan fingerprint density at radius 2 is 1.67 bits per heavy atom. The van der Waals surface area contributed by atoms with Gasteiger partial charge >= 0.3 is 7.82 Å². The predicted molar refractivity (Wildman–Crippen MR) is 30.1 cm³/mol. The van der Waals surface area contributed by atoms with E-state index in [1.165, 1.54) is 0 Å². The van der Waals surface area contributed by atoms with Crippen LogP contribution in [0.2, 0.25) is 0 Å². The van der Waals surface area contributed by atoms with Crippen molar-refractivity contribution in [3.05, 3.63) is 0 Å². The summed E-state index contributed by atoms with van der Waals surface area (Å²) in [5, 5.41) is 0. The summed E-state index contributed by atoms with van der Waals surface area (Å²) >= 11 is 0. The van der Waals surface area contributed by atoms with E-state index >= 15 is 0 Å². The summed E-state index contributed by atoms with van der Waals surface area (Å²) in [6.07, 6.45) is 0. The zero-order valence-electron chi connectivity index (χ0n) is 4.69. The molecule has 5 N–H and O–H groups in total. The Morgan fingerprint density at radius 3 is 1.89 bits per heavy atom. The molecule has 0 aliphatic carbocycles. The second-order valence-corrected chi connectivity index (χ2v) is 2.51. The summed E-state index contributed by atoms with van der Waals surface area (Å²) in [4.78, 5) is 8.47. The standard InChI is InChI=1S/C2H9N2O4P/c3-1-7-9(5,6)8-2-4/h1-4H2,(H,5,6). The summed E-state index contributed by atoms with van der Waals surface area (Å²) in [7, 11) is -3.94. The smallest absolute Gasteiger partial charge is 0.308 e. The average Bonchev–Trinajstić information content (AvgIpc) is 1.64. The van der Waals surface area contributed by atoms with Gasteiger partial charge in [0, 0.05) is 0 Å². The molecule has 9 heavy (non-hydrogen) atoms. The van der Waals surface area contributed by atoms with E-state index in [-0.39, 0.29) is 13.5 Å². The molecule has 0 aliphatic rings. The van der Waals surface area contributed by atoms with Gasteiger partial charge in [-0.05, 0) is 0 Å². The maximum absolute atomic E-state index is 10.4. The second-order valence-electron chi connectivity index (χ2n) is 1.06. The largest absolute Gasteiger partial charge is 0.474 e. The molecule has 0 saturated heterocycles. The lowest BCUT2D eigenvalue weighted by Crippen LogP contribution is -2.08. The summed E-state index contributed by atoms with van der Waals surface area (Å²) < 4.78 is 18.5. The van der Waals surface area contributed by atoms with Gasteiger partial charge < -0.3 is 16.4 Å². The molecule has 0 aromatic heterocycles. The first-order chi connectivity index (χ1) is 4.12. The molecule has 0 bridgehead atoms. The zero-order valence-corrected chi connectivity index (χ0v) is 5.58. The summed E-state index contributed by atoms with van der Waals surface area (Å²) in [5.41, 5.74) is 9.54. The normalized spacial score (nSPS) is 11.9. The van der Waals surface area contributed by atoms with Crippen LogP contribution in [0.25, 0.3) is 0 Å². The van der Waals surface area contributed by atoms with Gasteiger partial charge in [-0.25, -0.2) is 4.57 Å². The number of phosphoric acid groups is 1. The monoisotopic (exact) mass is 156 g/mol. The highest BCUT2D eigenvalue weighted by Crippen LogP contribution is 2.41. The molecule has 7 heteroatoms. The Kier molecular flexibility index (Phi) is 3.96. The quantitative estimate of drug-likeness (QED) is 0.354. The van der Waals surface area contributed by atoms with E-state index in [0.717, 1.165) is 0 Å². The van der Waals surface area contributed by atoms with Crippen molar-refractivity contribution < 1.29 is 18.5 Å². The summed E-state index contributed by atoms with van der Waals surface area (Å²) in [6.45, 7) is -0.735. The van der Waals surface area contributed by atoms with Crippen LogP contribution in [0.4, 0.5) is 0 Å². The molecule has 0 rings (SSSR count). The zero-order chi connectivity index (χ0) is 7.33. The first-order valence-electron chi connectivity index (χ1n) is 2.14. The highest BCUT2D eigenvalue weighted by Gasteiger charge is 2.18. The fourth-order valence-electron chi connectivity index (χ4n) is 0.226. The molecular formula is C2H9N2O4P. The molecule has 6 nitrogen and oxygen atoms in total. The van der Waals surface area contributed by atoms with Gasteiger partial charge in [0.05, 0.1) is 0 Å². The van der Waals surface area contributed by atoms with E-state index in [2.05, 4.69) is 9.05 Å². The highest BCUT2D eigenvalue weighted by molar-refractivity contribution is 7.47. The van der Waals surface area contributed by atoms with Crippen LogP contribution in [0, 0.1) is 0 Å². The molecule has 0 spiro atoms. The van der Waals surface area contributed by atoms with Crippen LogP contribution in [0.1, 0.15) is 0 Å². The number of nitrogens with two attached hydrogens (primary N) is 2. The van der Waals surface area contributed by atoms with E-state index in [9.17, 15) is 4.57 Å². The van der Waals surface area contributed by atoms with Crippen molar-refractivity contribution in [2.45, 2.75) is 0 Å². The van der Waals surface area contributed by atoms with Crippen LogP contribution in [0.15, 0.2) is 0 Å². The third kappa shape index (κ3) is 4.53. The van der Waals surface area contributed by atoms with Crippen LogP contribution in [-0.4, -0.2) is 18.4 Å². The number of phosphoric ester groups is 1. The van der Waals surface area contributed by atoms with Crippen molar-refractivity contribution in [1.82, 2.24) is 0 Å². The number of hydrogen-bond donors (Lipinski definition) is 3. The Morgan fingerprint density at radius 1 is 1.33 bits per heavy atom. The molecule has 0 aliphatic heterocycles. The van der Waals surface area contributed by atoms with Crippen molar-refractivity contribution in [1.29, 1.82) is 0 Å². The molecular weight excluding hydrogens is 147 g/mol. The Hall–Kier alpha value is 0.0300. The topological polar surface area (TPSA) is 108 Å². The minimum atomic E-state index is -3.94. The van der Waals surface area contributed by atoms with Crippen molar-refractivity contribution >= 4 is 7.82 Å². The van der Waals surface area contributed by atoms with Crippen LogP contribution in [0.5, 0.6) is 0 Å². The average molecular weight is 156 g/mol. The van der Waals surface area contributed by atoms with Crippen LogP contribution < -0.4 is 11.5 Å². The molecule has 0 aromatic rings. The van der Waals surface area contributed by atoms with E-state index in [1.54, 1.807) is 0 Å². The van der Waals surface area contributed by atoms with Gasteiger partial charge in [0.25, 0.3) is 0 Å². The lowest BCUT2D eigenvalue weighted by atomic mass is 11.4. The van der Waals surface area contributed by atoms with Crippen molar-refractivity contribution in [3.8, 4) is 0 Å². The van der Waals surface area contributed by atoms with Gasteiger partial charge in [-0.2, -0.15) is 0 Å². The maximum Gasteiger partial charge on any atom is 0.474 e. The van der Waals surface area contributed by atoms with E-state index in [4.69, 9.17) is 16.4 Å². The Bertz CT molecular complexity index is 107. The Labute approximate surface area is 52.4 Å². The molecule has 56 valence electrons. The second kappa shape index (κ2) is 3.94. The molecule has 0 saturated carbocycles. The third-order valence-corrected chi connectivity index (χ3v) is 1.43. The van der Waals surface area contributed by atoms with E-state index < -0.39 is 7.82 Å². The molecule has 0 heterocycles. The molecule has 0 fully saturated rings.